The van der Waals surface area contributed by atoms with Gasteiger partial charge < -0.3 is 5.32 Å². The number of rotatable bonds is 4. The van der Waals surface area contributed by atoms with E-state index in [0.717, 1.165) is 23.4 Å². The van der Waals surface area contributed by atoms with E-state index in [9.17, 15) is 4.39 Å². The van der Waals surface area contributed by atoms with Crippen molar-refractivity contribution >= 4 is 0 Å². The van der Waals surface area contributed by atoms with Crippen molar-refractivity contribution in [3.63, 3.8) is 0 Å². The van der Waals surface area contributed by atoms with E-state index >= 15 is 0 Å². The van der Waals surface area contributed by atoms with Crippen LogP contribution in [0, 0.1) is 12.7 Å². The Labute approximate surface area is 107 Å². The predicted molar refractivity (Wildman–Crippen MR) is 70.7 cm³/mol. The average molecular weight is 247 g/mol. The second-order valence-electron chi connectivity index (χ2n) is 4.35. The van der Waals surface area contributed by atoms with Crippen molar-refractivity contribution in [3.8, 4) is 11.1 Å². The third kappa shape index (κ3) is 2.43. The fraction of sp³-hybridized carbons (Fsp3) is 0.357. The van der Waals surface area contributed by atoms with Gasteiger partial charge in [-0.05, 0) is 25.1 Å². The summed E-state index contributed by atoms with van der Waals surface area (Å²) >= 11 is 0. The number of aromatic nitrogens is 2. The van der Waals surface area contributed by atoms with Gasteiger partial charge in [-0.25, -0.2) is 4.39 Å². The van der Waals surface area contributed by atoms with E-state index in [1.54, 1.807) is 16.9 Å². The first-order chi connectivity index (χ1) is 8.63. The number of hydrogen-bond donors (Lipinski definition) is 1. The summed E-state index contributed by atoms with van der Waals surface area (Å²) in [5, 5.41) is 7.30. The molecule has 2 aromatic rings. The zero-order valence-corrected chi connectivity index (χ0v) is 11.0. The number of nitrogens with one attached hydrogen (secondary N) is 1. The summed E-state index contributed by atoms with van der Waals surface area (Å²) in [6.45, 7) is 5.38. The molecule has 0 saturated carbocycles. The molecule has 0 bridgehead atoms. The second kappa shape index (κ2) is 5.31. The molecule has 0 spiro atoms. The summed E-state index contributed by atoms with van der Waals surface area (Å²) in [4.78, 5) is 0. The lowest BCUT2D eigenvalue weighted by Gasteiger charge is -2.06. The standard InChI is InChI=1S/C14H18FN3/c1-4-16-8-12-6-5-11(7-14(12)15)13-9-17-18(3)10(13)2/h5-7,9,16H,4,8H2,1-3H3. The molecule has 1 heterocycles. The molecule has 0 fully saturated rings. The Bertz CT molecular complexity index is 546. The maximum absolute atomic E-state index is 13.9. The van der Waals surface area contributed by atoms with Crippen molar-refractivity contribution in [2.45, 2.75) is 20.4 Å². The predicted octanol–water partition coefficient (Wildman–Crippen LogP) is 2.64. The van der Waals surface area contributed by atoms with Crippen LogP contribution in [0.2, 0.25) is 0 Å². The van der Waals surface area contributed by atoms with Crippen molar-refractivity contribution in [1.29, 1.82) is 0 Å². The zero-order valence-electron chi connectivity index (χ0n) is 11.0. The lowest BCUT2D eigenvalue weighted by atomic mass is 10.0. The van der Waals surface area contributed by atoms with Crippen molar-refractivity contribution in [2.75, 3.05) is 6.54 Å². The van der Waals surface area contributed by atoms with Crippen LogP contribution in [0.15, 0.2) is 24.4 Å². The van der Waals surface area contributed by atoms with Crippen LogP contribution in [0.3, 0.4) is 0 Å². The van der Waals surface area contributed by atoms with Gasteiger partial charge in [0.1, 0.15) is 5.82 Å². The minimum atomic E-state index is -0.170. The topological polar surface area (TPSA) is 29.9 Å². The largest absolute Gasteiger partial charge is 0.313 e. The van der Waals surface area contributed by atoms with Crippen molar-refractivity contribution in [1.82, 2.24) is 15.1 Å². The van der Waals surface area contributed by atoms with Crippen LogP contribution >= 0.6 is 0 Å². The van der Waals surface area contributed by atoms with Gasteiger partial charge in [0, 0.05) is 30.4 Å². The number of hydrogen-bond acceptors (Lipinski definition) is 2. The van der Waals surface area contributed by atoms with Crippen LogP contribution in [-0.4, -0.2) is 16.3 Å². The Hall–Kier alpha value is -1.68. The quantitative estimate of drug-likeness (QED) is 0.900. The Morgan fingerprint density at radius 2 is 2.17 bits per heavy atom. The monoisotopic (exact) mass is 247 g/mol. The summed E-state index contributed by atoms with van der Waals surface area (Å²) in [6, 6.07) is 5.36. The minimum absolute atomic E-state index is 0.170. The van der Waals surface area contributed by atoms with Gasteiger partial charge in [0.25, 0.3) is 0 Å². The Morgan fingerprint density at radius 3 is 2.72 bits per heavy atom. The van der Waals surface area contributed by atoms with E-state index < -0.39 is 0 Å². The van der Waals surface area contributed by atoms with E-state index in [0.29, 0.717) is 12.1 Å². The second-order valence-corrected chi connectivity index (χ2v) is 4.35. The van der Waals surface area contributed by atoms with Gasteiger partial charge >= 0.3 is 0 Å². The maximum atomic E-state index is 13.9. The molecule has 1 aromatic heterocycles. The average Bonchev–Trinajstić information content (AvgIpc) is 2.69. The van der Waals surface area contributed by atoms with Crippen LogP contribution in [0.25, 0.3) is 11.1 Å². The van der Waals surface area contributed by atoms with E-state index in [1.807, 2.05) is 33.0 Å². The highest BCUT2D eigenvalue weighted by Crippen LogP contribution is 2.24. The summed E-state index contributed by atoms with van der Waals surface area (Å²) in [6.07, 6.45) is 1.77. The van der Waals surface area contributed by atoms with Gasteiger partial charge in [0.2, 0.25) is 0 Å². The molecule has 18 heavy (non-hydrogen) atoms. The van der Waals surface area contributed by atoms with Crippen LogP contribution in [0.5, 0.6) is 0 Å². The molecule has 0 radical (unpaired) electrons. The summed E-state index contributed by atoms with van der Waals surface area (Å²) in [7, 11) is 1.88. The van der Waals surface area contributed by atoms with E-state index in [1.165, 1.54) is 0 Å². The lowest BCUT2D eigenvalue weighted by molar-refractivity contribution is 0.594. The number of nitrogens with zero attached hydrogens (tertiary/aromatic N) is 2. The van der Waals surface area contributed by atoms with E-state index in [4.69, 9.17) is 0 Å². The molecule has 4 heteroatoms. The van der Waals surface area contributed by atoms with Crippen molar-refractivity contribution in [2.24, 2.45) is 7.05 Å². The fourth-order valence-electron chi connectivity index (χ4n) is 1.90. The first kappa shape index (κ1) is 12.8. The first-order valence-electron chi connectivity index (χ1n) is 6.11. The molecule has 96 valence electrons. The smallest absolute Gasteiger partial charge is 0.128 e. The summed E-state index contributed by atoms with van der Waals surface area (Å²) < 4.78 is 15.7. The van der Waals surface area contributed by atoms with Crippen LogP contribution in [0.1, 0.15) is 18.2 Å². The number of aryl methyl sites for hydroxylation is 1. The van der Waals surface area contributed by atoms with Crippen LogP contribution in [-0.2, 0) is 13.6 Å². The molecule has 0 atom stereocenters. The molecule has 2 rings (SSSR count). The molecule has 0 aliphatic rings. The van der Waals surface area contributed by atoms with Crippen LogP contribution in [0.4, 0.5) is 4.39 Å². The summed E-state index contributed by atoms with van der Waals surface area (Å²) in [5.41, 5.74) is 3.58. The van der Waals surface area contributed by atoms with Crippen molar-refractivity contribution < 1.29 is 4.39 Å². The SMILES string of the molecule is CCNCc1ccc(-c2cnn(C)c2C)cc1F. The van der Waals surface area contributed by atoms with E-state index in [2.05, 4.69) is 10.4 Å². The molecule has 0 amide bonds. The molecular formula is C14H18FN3. The Balaban J connectivity index is 2.31. The molecule has 0 saturated heterocycles. The third-order valence-electron chi connectivity index (χ3n) is 3.16. The zero-order chi connectivity index (χ0) is 13.1. The maximum Gasteiger partial charge on any atom is 0.128 e. The lowest BCUT2D eigenvalue weighted by Crippen LogP contribution is -2.12. The third-order valence-corrected chi connectivity index (χ3v) is 3.16. The highest BCUT2D eigenvalue weighted by molar-refractivity contribution is 5.65. The van der Waals surface area contributed by atoms with Crippen molar-refractivity contribution in [3.05, 3.63) is 41.5 Å². The van der Waals surface area contributed by atoms with Gasteiger partial charge in [-0.15, -0.1) is 0 Å². The van der Waals surface area contributed by atoms with Gasteiger partial charge in [-0.2, -0.15) is 5.10 Å². The highest BCUT2D eigenvalue weighted by Gasteiger charge is 2.09. The molecule has 0 aliphatic heterocycles. The first-order valence-corrected chi connectivity index (χ1v) is 6.11. The Kier molecular flexibility index (Phi) is 3.77. The Morgan fingerprint density at radius 1 is 1.39 bits per heavy atom. The molecule has 1 aromatic carbocycles. The minimum Gasteiger partial charge on any atom is -0.313 e. The van der Waals surface area contributed by atoms with Gasteiger partial charge in [0.15, 0.2) is 0 Å². The molecular weight excluding hydrogens is 229 g/mol. The summed E-state index contributed by atoms with van der Waals surface area (Å²) in [5.74, 6) is -0.170. The fourth-order valence-corrected chi connectivity index (χ4v) is 1.90. The normalized spacial score (nSPS) is 10.9. The highest BCUT2D eigenvalue weighted by atomic mass is 19.1. The van der Waals surface area contributed by atoms with Gasteiger partial charge in [0.05, 0.1) is 6.20 Å². The molecule has 0 aliphatic carbocycles. The number of halogens is 1. The molecule has 1 N–H and O–H groups in total. The van der Waals surface area contributed by atoms with Gasteiger partial charge in [-0.1, -0.05) is 19.1 Å². The van der Waals surface area contributed by atoms with Crippen LogP contribution < -0.4 is 5.32 Å². The molecule has 3 nitrogen and oxygen atoms in total. The number of benzene rings is 1. The van der Waals surface area contributed by atoms with Gasteiger partial charge in [-0.3, -0.25) is 4.68 Å². The molecule has 0 unspecified atom stereocenters. The van der Waals surface area contributed by atoms with E-state index in [-0.39, 0.29) is 5.82 Å².